The molecular formula is C18H24N4O2. The summed E-state index contributed by atoms with van der Waals surface area (Å²) in [6.45, 7) is 2.86. The molecule has 0 amide bonds. The van der Waals surface area contributed by atoms with Gasteiger partial charge in [0.05, 0.1) is 5.56 Å². The largest absolute Gasteiger partial charge is 0.454 e. The molecule has 3 rings (SSSR count). The predicted molar refractivity (Wildman–Crippen MR) is 89.5 cm³/mol. The second-order valence-corrected chi connectivity index (χ2v) is 6.35. The molecule has 0 unspecified atom stereocenters. The summed E-state index contributed by atoms with van der Waals surface area (Å²) in [7, 11) is 0. The normalized spacial score (nSPS) is 15.4. The van der Waals surface area contributed by atoms with Gasteiger partial charge >= 0.3 is 5.97 Å². The first-order chi connectivity index (χ1) is 11.8. The molecule has 0 saturated heterocycles. The Hall–Kier alpha value is -2.24. The van der Waals surface area contributed by atoms with Crippen molar-refractivity contribution in [2.75, 3.05) is 0 Å². The van der Waals surface area contributed by atoms with Gasteiger partial charge in [0.1, 0.15) is 0 Å². The standard InChI is InChI=1S/C18H24N4O2/c1-2-12-22-17(19-20-21-22)13-24-18(23)16-10-8-15(9-11-16)14-6-4-3-5-7-14/h8-11,14H,2-7,12-13H2,1H3. The molecule has 128 valence electrons. The molecule has 0 radical (unpaired) electrons. The molecule has 0 N–H and O–H groups in total. The van der Waals surface area contributed by atoms with Crippen molar-refractivity contribution >= 4 is 5.97 Å². The molecule has 0 bridgehead atoms. The lowest BCUT2D eigenvalue weighted by molar-refractivity contribution is 0.0456. The van der Waals surface area contributed by atoms with Crippen LogP contribution in [0.15, 0.2) is 24.3 Å². The van der Waals surface area contributed by atoms with Crippen LogP contribution in [-0.4, -0.2) is 26.2 Å². The smallest absolute Gasteiger partial charge is 0.338 e. The summed E-state index contributed by atoms with van der Waals surface area (Å²) >= 11 is 0. The quantitative estimate of drug-likeness (QED) is 0.759. The number of esters is 1. The Morgan fingerprint density at radius 1 is 1.21 bits per heavy atom. The van der Waals surface area contributed by atoms with Gasteiger partial charge in [-0.25, -0.2) is 9.48 Å². The lowest BCUT2D eigenvalue weighted by Crippen LogP contribution is -2.11. The van der Waals surface area contributed by atoms with Crippen LogP contribution in [0, 0.1) is 0 Å². The molecule has 0 spiro atoms. The third kappa shape index (κ3) is 3.99. The summed E-state index contributed by atoms with van der Waals surface area (Å²) in [5, 5.41) is 11.4. The number of carbonyl (C=O) groups is 1. The molecule has 1 aromatic heterocycles. The number of nitrogens with zero attached hydrogens (tertiary/aromatic N) is 4. The maximum absolute atomic E-state index is 12.2. The molecule has 24 heavy (non-hydrogen) atoms. The summed E-state index contributed by atoms with van der Waals surface area (Å²) in [4.78, 5) is 12.2. The van der Waals surface area contributed by atoms with Gasteiger partial charge in [0.25, 0.3) is 0 Å². The van der Waals surface area contributed by atoms with Crippen LogP contribution in [0.25, 0.3) is 0 Å². The van der Waals surface area contributed by atoms with E-state index in [0.717, 1.165) is 13.0 Å². The van der Waals surface area contributed by atoms with Crippen molar-refractivity contribution in [2.24, 2.45) is 0 Å². The number of tetrazole rings is 1. The molecule has 0 aliphatic heterocycles. The highest BCUT2D eigenvalue weighted by atomic mass is 16.5. The van der Waals surface area contributed by atoms with Crippen molar-refractivity contribution in [3.05, 3.63) is 41.2 Å². The first-order valence-electron chi connectivity index (χ1n) is 8.80. The van der Waals surface area contributed by atoms with Gasteiger partial charge < -0.3 is 4.74 Å². The van der Waals surface area contributed by atoms with E-state index in [-0.39, 0.29) is 12.6 Å². The lowest BCUT2D eigenvalue weighted by Gasteiger charge is -2.21. The fourth-order valence-corrected chi connectivity index (χ4v) is 3.25. The van der Waals surface area contributed by atoms with Gasteiger partial charge in [-0.05, 0) is 53.3 Å². The first-order valence-corrected chi connectivity index (χ1v) is 8.80. The van der Waals surface area contributed by atoms with Crippen LogP contribution in [-0.2, 0) is 17.9 Å². The van der Waals surface area contributed by atoms with Gasteiger partial charge in [0.15, 0.2) is 12.4 Å². The minimum Gasteiger partial charge on any atom is -0.454 e. The summed E-state index contributed by atoms with van der Waals surface area (Å²) in [6, 6.07) is 7.85. The van der Waals surface area contributed by atoms with Gasteiger partial charge in [0, 0.05) is 6.54 Å². The number of hydrogen-bond donors (Lipinski definition) is 0. The monoisotopic (exact) mass is 328 g/mol. The summed E-state index contributed by atoms with van der Waals surface area (Å²) < 4.78 is 7.01. The number of rotatable bonds is 6. The van der Waals surface area contributed by atoms with Crippen molar-refractivity contribution in [1.29, 1.82) is 0 Å². The highest BCUT2D eigenvalue weighted by Crippen LogP contribution is 2.32. The second-order valence-electron chi connectivity index (χ2n) is 6.35. The Bertz CT molecular complexity index is 660. The molecule has 1 aromatic carbocycles. The molecular weight excluding hydrogens is 304 g/mol. The van der Waals surface area contributed by atoms with Gasteiger partial charge in [-0.15, -0.1) is 5.10 Å². The van der Waals surface area contributed by atoms with Gasteiger partial charge in [0.2, 0.25) is 0 Å². The number of hydrogen-bond acceptors (Lipinski definition) is 5. The summed E-state index contributed by atoms with van der Waals surface area (Å²) in [5.41, 5.74) is 1.90. The minimum absolute atomic E-state index is 0.0935. The topological polar surface area (TPSA) is 69.9 Å². The van der Waals surface area contributed by atoms with E-state index in [9.17, 15) is 4.79 Å². The van der Waals surface area contributed by atoms with Gasteiger partial charge in [-0.2, -0.15) is 0 Å². The van der Waals surface area contributed by atoms with Crippen LogP contribution in [0.1, 0.15) is 73.1 Å². The highest BCUT2D eigenvalue weighted by molar-refractivity contribution is 5.89. The first kappa shape index (κ1) is 16.6. The average molecular weight is 328 g/mol. The van der Waals surface area contributed by atoms with E-state index in [1.807, 2.05) is 19.1 Å². The third-order valence-electron chi connectivity index (χ3n) is 4.60. The molecule has 6 nitrogen and oxygen atoms in total. The molecule has 1 saturated carbocycles. The number of aryl methyl sites for hydroxylation is 1. The zero-order valence-electron chi connectivity index (χ0n) is 14.1. The number of aromatic nitrogens is 4. The van der Waals surface area contributed by atoms with Crippen LogP contribution >= 0.6 is 0 Å². The van der Waals surface area contributed by atoms with Crippen molar-refractivity contribution in [3.8, 4) is 0 Å². The van der Waals surface area contributed by atoms with Crippen LogP contribution in [0.4, 0.5) is 0 Å². The summed E-state index contributed by atoms with van der Waals surface area (Å²) in [5.74, 6) is 0.878. The van der Waals surface area contributed by atoms with Crippen LogP contribution in [0.5, 0.6) is 0 Å². The molecule has 6 heteroatoms. The highest BCUT2D eigenvalue weighted by Gasteiger charge is 2.16. The Labute approximate surface area is 142 Å². The molecule has 1 aliphatic carbocycles. The fraction of sp³-hybridized carbons (Fsp3) is 0.556. The second kappa shape index (κ2) is 8.04. The molecule has 1 fully saturated rings. The van der Waals surface area contributed by atoms with E-state index in [4.69, 9.17) is 4.74 Å². The van der Waals surface area contributed by atoms with Crippen molar-refractivity contribution < 1.29 is 9.53 Å². The molecule has 1 heterocycles. The van der Waals surface area contributed by atoms with Crippen LogP contribution in [0.3, 0.4) is 0 Å². The van der Waals surface area contributed by atoms with E-state index < -0.39 is 0 Å². The van der Waals surface area contributed by atoms with Gasteiger partial charge in [-0.1, -0.05) is 38.3 Å². The fourth-order valence-electron chi connectivity index (χ4n) is 3.25. The zero-order chi connectivity index (χ0) is 16.8. The summed E-state index contributed by atoms with van der Waals surface area (Å²) in [6.07, 6.45) is 7.39. The molecule has 1 aliphatic rings. The predicted octanol–water partition coefficient (Wildman–Crippen LogP) is 3.49. The number of carbonyl (C=O) groups excluding carboxylic acids is 1. The Morgan fingerprint density at radius 2 is 1.96 bits per heavy atom. The van der Waals surface area contributed by atoms with E-state index in [2.05, 4.69) is 27.7 Å². The zero-order valence-corrected chi connectivity index (χ0v) is 14.1. The average Bonchev–Trinajstić information content (AvgIpc) is 3.08. The van der Waals surface area contributed by atoms with Gasteiger partial charge in [-0.3, -0.25) is 0 Å². The maximum Gasteiger partial charge on any atom is 0.338 e. The van der Waals surface area contributed by atoms with Crippen molar-refractivity contribution in [1.82, 2.24) is 20.2 Å². The van der Waals surface area contributed by atoms with E-state index >= 15 is 0 Å². The molecule has 2 aromatic rings. The third-order valence-corrected chi connectivity index (χ3v) is 4.60. The number of ether oxygens (including phenoxy) is 1. The van der Waals surface area contributed by atoms with E-state index in [1.165, 1.54) is 37.7 Å². The Kier molecular flexibility index (Phi) is 5.56. The van der Waals surface area contributed by atoms with Crippen molar-refractivity contribution in [3.63, 3.8) is 0 Å². The SMILES string of the molecule is CCCn1nnnc1COC(=O)c1ccc(C2CCCCC2)cc1. The van der Waals surface area contributed by atoms with E-state index in [0.29, 0.717) is 17.3 Å². The van der Waals surface area contributed by atoms with E-state index in [1.54, 1.807) is 4.68 Å². The Balaban J connectivity index is 1.57. The number of benzene rings is 1. The van der Waals surface area contributed by atoms with Crippen LogP contribution in [0.2, 0.25) is 0 Å². The van der Waals surface area contributed by atoms with Crippen LogP contribution < -0.4 is 0 Å². The Morgan fingerprint density at radius 3 is 2.67 bits per heavy atom. The lowest BCUT2D eigenvalue weighted by atomic mass is 9.84. The maximum atomic E-state index is 12.2. The minimum atomic E-state index is -0.337. The van der Waals surface area contributed by atoms with Crippen molar-refractivity contribution in [2.45, 2.75) is 64.5 Å². The molecule has 0 atom stereocenters.